The Kier molecular flexibility index (Phi) is 6.43. The molecule has 110 valence electrons. The minimum Gasteiger partial charge on any atom is -0.480 e. The molecule has 0 aliphatic carbocycles. The molecule has 20 heavy (non-hydrogen) atoms. The van der Waals surface area contributed by atoms with E-state index in [1.54, 1.807) is 0 Å². The number of nitrogens with one attached hydrogen (secondary N) is 2. The van der Waals surface area contributed by atoms with E-state index < -0.39 is 5.97 Å². The molecule has 0 saturated carbocycles. The Morgan fingerprint density at radius 1 is 1.30 bits per heavy atom. The van der Waals surface area contributed by atoms with Gasteiger partial charge in [-0.05, 0) is 10.4 Å². The molecule has 0 radical (unpaired) electrons. The van der Waals surface area contributed by atoms with Crippen LogP contribution in [0.25, 0.3) is 0 Å². The van der Waals surface area contributed by atoms with Crippen LogP contribution in [0.3, 0.4) is 0 Å². The summed E-state index contributed by atoms with van der Waals surface area (Å²) >= 11 is 1.03. The largest absolute Gasteiger partial charge is 0.480 e. The van der Waals surface area contributed by atoms with Crippen molar-refractivity contribution in [2.75, 3.05) is 18.8 Å². The van der Waals surface area contributed by atoms with Gasteiger partial charge in [-0.3, -0.25) is 14.4 Å². The number of carboxylic acids is 1. The number of hydrogen-bond donors (Lipinski definition) is 3. The first kappa shape index (κ1) is 15.9. The van der Waals surface area contributed by atoms with E-state index in [4.69, 9.17) is 5.11 Å². The van der Waals surface area contributed by atoms with Gasteiger partial charge in [-0.2, -0.15) is 0 Å². The number of thioether (sulfide) groups is 1. The van der Waals surface area contributed by atoms with Crippen molar-refractivity contribution in [1.82, 2.24) is 30.8 Å². The molecule has 1 heterocycles. The molecule has 0 aromatic carbocycles. The minimum atomic E-state index is -1.07. The first-order chi connectivity index (χ1) is 9.49. The maximum Gasteiger partial charge on any atom is 0.325 e. The molecular formula is C9H14N6O4S. The lowest BCUT2D eigenvalue weighted by atomic mass is 10.5. The molecule has 0 aliphatic rings. The van der Waals surface area contributed by atoms with Crippen molar-refractivity contribution in [3.63, 3.8) is 0 Å². The summed E-state index contributed by atoms with van der Waals surface area (Å²) in [6.07, 6.45) is 0. The maximum atomic E-state index is 11.5. The minimum absolute atomic E-state index is 0.0556. The zero-order valence-electron chi connectivity index (χ0n) is 10.7. The molecule has 1 aromatic heterocycles. The van der Waals surface area contributed by atoms with E-state index in [2.05, 4.69) is 26.2 Å². The van der Waals surface area contributed by atoms with Crippen LogP contribution in [0, 0.1) is 0 Å². The van der Waals surface area contributed by atoms with Gasteiger partial charge in [0.25, 0.3) is 0 Å². The van der Waals surface area contributed by atoms with Crippen molar-refractivity contribution in [2.24, 2.45) is 0 Å². The molecular weight excluding hydrogens is 288 g/mol. The average Bonchev–Trinajstić information content (AvgIpc) is 2.78. The van der Waals surface area contributed by atoms with Gasteiger partial charge in [0.05, 0.1) is 5.75 Å². The van der Waals surface area contributed by atoms with Gasteiger partial charge in [-0.1, -0.05) is 11.8 Å². The van der Waals surface area contributed by atoms with Gasteiger partial charge < -0.3 is 15.7 Å². The Balaban J connectivity index is 2.28. The molecule has 0 saturated heterocycles. The zero-order valence-corrected chi connectivity index (χ0v) is 11.5. The Morgan fingerprint density at radius 2 is 2.00 bits per heavy atom. The number of tetrazole rings is 1. The van der Waals surface area contributed by atoms with Gasteiger partial charge in [0.2, 0.25) is 17.0 Å². The van der Waals surface area contributed by atoms with Crippen LogP contribution in [0.1, 0.15) is 6.92 Å². The summed E-state index contributed by atoms with van der Waals surface area (Å²) in [4.78, 5) is 32.6. The standard InChI is InChI=1S/C9H14N6O4S/c1-6(16)10-2-3-11-7(17)5-20-9-12-13-14-15(9)4-8(18)19/h2-5H2,1H3,(H,10,16)(H,11,17)(H,18,19). The van der Waals surface area contributed by atoms with Gasteiger partial charge in [0.15, 0.2) is 0 Å². The number of carbonyl (C=O) groups excluding carboxylic acids is 2. The first-order valence-corrected chi connectivity index (χ1v) is 6.59. The number of carboxylic acid groups (broad SMARTS) is 1. The number of aliphatic carboxylic acids is 1. The fourth-order valence-electron chi connectivity index (χ4n) is 1.15. The SMILES string of the molecule is CC(=O)NCCNC(=O)CSc1nnnn1CC(=O)O. The highest BCUT2D eigenvalue weighted by Crippen LogP contribution is 2.12. The predicted octanol–water partition coefficient (Wildman–Crippen LogP) is -1.90. The van der Waals surface area contributed by atoms with Crippen molar-refractivity contribution in [2.45, 2.75) is 18.6 Å². The third-order valence-corrected chi connectivity index (χ3v) is 2.89. The summed E-state index contributed by atoms with van der Waals surface area (Å²) in [6.45, 7) is 1.70. The number of rotatable bonds is 8. The van der Waals surface area contributed by atoms with E-state index in [1.807, 2.05) is 0 Å². The Morgan fingerprint density at radius 3 is 2.65 bits per heavy atom. The van der Waals surface area contributed by atoms with Crippen LogP contribution in [0.4, 0.5) is 0 Å². The molecule has 3 N–H and O–H groups in total. The second-order valence-corrected chi connectivity index (χ2v) is 4.58. The summed E-state index contributed by atoms with van der Waals surface area (Å²) in [6, 6.07) is 0. The second-order valence-electron chi connectivity index (χ2n) is 3.63. The van der Waals surface area contributed by atoms with Crippen LogP contribution >= 0.6 is 11.8 Å². The maximum absolute atomic E-state index is 11.5. The summed E-state index contributed by atoms with van der Waals surface area (Å²) in [5, 5.41) is 24.5. The molecule has 0 bridgehead atoms. The summed E-state index contributed by atoms with van der Waals surface area (Å²) < 4.78 is 1.09. The Bertz CT molecular complexity index is 491. The molecule has 2 amide bonds. The lowest BCUT2D eigenvalue weighted by Gasteiger charge is -2.05. The molecule has 0 unspecified atom stereocenters. The zero-order chi connectivity index (χ0) is 15.0. The van der Waals surface area contributed by atoms with E-state index in [0.29, 0.717) is 13.1 Å². The van der Waals surface area contributed by atoms with Crippen molar-refractivity contribution in [3.05, 3.63) is 0 Å². The smallest absolute Gasteiger partial charge is 0.325 e. The van der Waals surface area contributed by atoms with Gasteiger partial charge in [-0.15, -0.1) is 5.10 Å². The van der Waals surface area contributed by atoms with Crippen LogP contribution < -0.4 is 10.6 Å². The van der Waals surface area contributed by atoms with Gasteiger partial charge in [0, 0.05) is 20.0 Å². The van der Waals surface area contributed by atoms with Crippen LogP contribution in [0.5, 0.6) is 0 Å². The van der Waals surface area contributed by atoms with E-state index >= 15 is 0 Å². The molecule has 10 nitrogen and oxygen atoms in total. The third-order valence-electron chi connectivity index (χ3n) is 1.94. The van der Waals surface area contributed by atoms with Crippen molar-refractivity contribution < 1.29 is 19.5 Å². The van der Waals surface area contributed by atoms with Crippen LogP contribution in [-0.2, 0) is 20.9 Å². The summed E-state index contributed by atoms with van der Waals surface area (Å²) in [7, 11) is 0. The summed E-state index contributed by atoms with van der Waals surface area (Å²) in [5.41, 5.74) is 0. The number of amides is 2. The van der Waals surface area contributed by atoms with Crippen LogP contribution in [-0.4, -0.2) is 61.9 Å². The Hall–Kier alpha value is -2.17. The molecule has 0 aliphatic heterocycles. The lowest BCUT2D eigenvalue weighted by molar-refractivity contribution is -0.138. The number of carbonyl (C=O) groups is 3. The Labute approximate surface area is 118 Å². The van der Waals surface area contributed by atoms with Crippen molar-refractivity contribution >= 4 is 29.5 Å². The van der Waals surface area contributed by atoms with Gasteiger partial charge >= 0.3 is 5.97 Å². The van der Waals surface area contributed by atoms with Gasteiger partial charge in [-0.25, -0.2) is 4.68 Å². The highest BCUT2D eigenvalue weighted by molar-refractivity contribution is 7.99. The number of aromatic nitrogens is 4. The molecule has 1 aromatic rings. The molecule has 11 heteroatoms. The molecule has 0 spiro atoms. The normalized spacial score (nSPS) is 10.1. The lowest BCUT2D eigenvalue weighted by Crippen LogP contribution is -2.34. The number of hydrogen-bond acceptors (Lipinski definition) is 7. The fourth-order valence-corrected chi connectivity index (χ4v) is 1.86. The van der Waals surface area contributed by atoms with Crippen LogP contribution in [0.15, 0.2) is 5.16 Å². The fraction of sp³-hybridized carbons (Fsp3) is 0.556. The molecule has 1 rings (SSSR count). The molecule has 0 fully saturated rings. The van der Waals surface area contributed by atoms with E-state index in [1.165, 1.54) is 6.92 Å². The average molecular weight is 302 g/mol. The quantitative estimate of drug-likeness (QED) is 0.374. The summed E-state index contributed by atoms with van der Waals surface area (Å²) in [5.74, 6) is -1.44. The highest BCUT2D eigenvalue weighted by atomic mass is 32.2. The van der Waals surface area contributed by atoms with Gasteiger partial charge in [0.1, 0.15) is 6.54 Å². The highest BCUT2D eigenvalue weighted by Gasteiger charge is 2.11. The van der Waals surface area contributed by atoms with Crippen molar-refractivity contribution in [1.29, 1.82) is 0 Å². The van der Waals surface area contributed by atoms with E-state index in [-0.39, 0.29) is 29.3 Å². The monoisotopic (exact) mass is 302 g/mol. The van der Waals surface area contributed by atoms with E-state index in [0.717, 1.165) is 16.4 Å². The van der Waals surface area contributed by atoms with E-state index in [9.17, 15) is 14.4 Å². The third kappa shape index (κ3) is 6.13. The molecule has 0 atom stereocenters. The topological polar surface area (TPSA) is 139 Å². The van der Waals surface area contributed by atoms with Crippen molar-refractivity contribution in [3.8, 4) is 0 Å². The number of nitrogens with zero attached hydrogens (tertiary/aromatic N) is 4. The first-order valence-electron chi connectivity index (χ1n) is 5.61. The second kappa shape index (κ2) is 8.09. The van der Waals surface area contributed by atoms with Crippen LogP contribution in [0.2, 0.25) is 0 Å². The predicted molar refractivity (Wildman–Crippen MR) is 67.9 cm³/mol.